The van der Waals surface area contributed by atoms with Crippen LogP contribution < -0.4 is 11.1 Å². The second-order valence-electron chi connectivity index (χ2n) is 5.21. The lowest BCUT2D eigenvalue weighted by Gasteiger charge is -2.32. The molecule has 1 aromatic carbocycles. The van der Waals surface area contributed by atoms with E-state index in [9.17, 15) is 9.59 Å². The molecule has 0 bridgehead atoms. The molecule has 0 saturated carbocycles. The van der Waals surface area contributed by atoms with Gasteiger partial charge >= 0.3 is 0 Å². The average molecular weight is 305 g/mol. The van der Waals surface area contributed by atoms with Crippen LogP contribution in [0.15, 0.2) is 24.3 Å². The lowest BCUT2D eigenvalue weighted by molar-refractivity contribution is -0.119. The smallest absolute Gasteiger partial charge is 0.253 e. The summed E-state index contributed by atoms with van der Waals surface area (Å²) in [5.41, 5.74) is 6.93. The number of likely N-dealkylation sites (tertiary alicyclic amines) is 1. The van der Waals surface area contributed by atoms with Crippen molar-refractivity contribution in [3.8, 4) is 0 Å². The topological polar surface area (TPSA) is 75.4 Å². The maximum Gasteiger partial charge on any atom is 0.253 e. The standard InChI is InChI=1S/C15H19N3O2S/c1-10(19)17-13-6-8-18(9-7-13)15(20)12-4-2-11(3-5-12)14(16)21/h2-5,13H,6-9H2,1H3,(H2,16,21)(H,17,19). The Morgan fingerprint density at radius 2 is 1.71 bits per heavy atom. The van der Waals surface area contributed by atoms with Gasteiger partial charge in [-0.05, 0) is 25.0 Å². The van der Waals surface area contributed by atoms with E-state index in [1.54, 1.807) is 24.3 Å². The fourth-order valence-corrected chi connectivity index (χ4v) is 2.61. The lowest BCUT2D eigenvalue weighted by atomic mass is 10.0. The van der Waals surface area contributed by atoms with Crippen LogP contribution in [0.2, 0.25) is 0 Å². The van der Waals surface area contributed by atoms with Crippen molar-refractivity contribution in [2.75, 3.05) is 13.1 Å². The predicted octanol–water partition coefficient (Wildman–Crippen LogP) is 1.06. The van der Waals surface area contributed by atoms with E-state index in [1.807, 2.05) is 4.90 Å². The lowest BCUT2D eigenvalue weighted by Crippen LogP contribution is -2.46. The van der Waals surface area contributed by atoms with Crippen LogP contribution in [0.25, 0.3) is 0 Å². The number of benzene rings is 1. The van der Waals surface area contributed by atoms with E-state index in [4.69, 9.17) is 18.0 Å². The Morgan fingerprint density at radius 1 is 1.19 bits per heavy atom. The van der Waals surface area contributed by atoms with Crippen molar-refractivity contribution in [1.29, 1.82) is 0 Å². The number of nitrogens with two attached hydrogens (primary N) is 1. The molecule has 5 nitrogen and oxygen atoms in total. The van der Waals surface area contributed by atoms with Gasteiger partial charge in [0.1, 0.15) is 4.99 Å². The first-order valence-corrected chi connectivity index (χ1v) is 7.34. The molecule has 1 aliphatic heterocycles. The monoisotopic (exact) mass is 305 g/mol. The molecular formula is C15H19N3O2S. The molecule has 112 valence electrons. The zero-order valence-corrected chi connectivity index (χ0v) is 12.8. The van der Waals surface area contributed by atoms with Gasteiger partial charge in [0, 0.05) is 37.2 Å². The number of carbonyl (C=O) groups is 2. The summed E-state index contributed by atoms with van der Waals surface area (Å²) in [6.45, 7) is 2.82. The van der Waals surface area contributed by atoms with Gasteiger partial charge in [-0.1, -0.05) is 24.4 Å². The molecule has 0 spiro atoms. The third-order valence-electron chi connectivity index (χ3n) is 3.61. The number of amides is 2. The molecule has 0 atom stereocenters. The molecular weight excluding hydrogens is 286 g/mol. The second kappa shape index (κ2) is 6.67. The molecule has 3 N–H and O–H groups in total. The van der Waals surface area contributed by atoms with E-state index in [-0.39, 0.29) is 17.9 Å². The van der Waals surface area contributed by atoms with Gasteiger partial charge in [-0.25, -0.2) is 0 Å². The van der Waals surface area contributed by atoms with Crippen LogP contribution in [0, 0.1) is 0 Å². The molecule has 6 heteroatoms. The largest absolute Gasteiger partial charge is 0.389 e. The summed E-state index contributed by atoms with van der Waals surface area (Å²) in [6.07, 6.45) is 1.58. The zero-order valence-electron chi connectivity index (χ0n) is 12.0. The van der Waals surface area contributed by atoms with Crippen LogP contribution in [0.5, 0.6) is 0 Å². The minimum Gasteiger partial charge on any atom is -0.389 e. The van der Waals surface area contributed by atoms with Crippen molar-refractivity contribution < 1.29 is 9.59 Å². The zero-order chi connectivity index (χ0) is 15.4. The first-order valence-electron chi connectivity index (χ1n) is 6.93. The molecule has 1 heterocycles. The summed E-state index contributed by atoms with van der Waals surface area (Å²) < 4.78 is 0. The second-order valence-corrected chi connectivity index (χ2v) is 5.65. The summed E-state index contributed by atoms with van der Waals surface area (Å²) >= 11 is 4.89. The Morgan fingerprint density at radius 3 is 2.19 bits per heavy atom. The number of carbonyl (C=O) groups excluding carboxylic acids is 2. The van der Waals surface area contributed by atoms with E-state index in [0.29, 0.717) is 23.6 Å². The minimum absolute atomic E-state index is 0.00534. The van der Waals surface area contributed by atoms with Gasteiger partial charge < -0.3 is 16.0 Å². The SMILES string of the molecule is CC(=O)NC1CCN(C(=O)c2ccc(C(N)=S)cc2)CC1. The van der Waals surface area contributed by atoms with Gasteiger partial charge in [0.25, 0.3) is 5.91 Å². The maximum atomic E-state index is 12.4. The van der Waals surface area contributed by atoms with Gasteiger partial charge in [0.15, 0.2) is 0 Å². The predicted molar refractivity (Wildman–Crippen MR) is 85.1 cm³/mol. The number of hydrogen-bond donors (Lipinski definition) is 2. The number of hydrogen-bond acceptors (Lipinski definition) is 3. The molecule has 1 saturated heterocycles. The van der Waals surface area contributed by atoms with Crippen molar-refractivity contribution in [1.82, 2.24) is 10.2 Å². The minimum atomic E-state index is -0.0203. The molecule has 21 heavy (non-hydrogen) atoms. The number of piperidine rings is 1. The van der Waals surface area contributed by atoms with Crippen LogP contribution in [-0.4, -0.2) is 40.8 Å². The summed E-state index contributed by atoms with van der Waals surface area (Å²) in [7, 11) is 0. The summed E-state index contributed by atoms with van der Waals surface area (Å²) in [4.78, 5) is 25.5. The Labute approximate surface area is 129 Å². The van der Waals surface area contributed by atoms with E-state index in [1.165, 1.54) is 6.92 Å². The van der Waals surface area contributed by atoms with Crippen LogP contribution >= 0.6 is 12.2 Å². The van der Waals surface area contributed by atoms with Crippen LogP contribution in [0.3, 0.4) is 0 Å². The first kappa shape index (κ1) is 15.4. The average Bonchev–Trinajstić information content (AvgIpc) is 2.47. The fourth-order valence-electron chi connectivity index (χ4n) is 2.47. The van der Waals surface area contributed by atoms with Gasteiger partial charge in [0.05, 0.1) is 0 Å². The number of thiocarbonyl (C=S) groups is 1. The first-order chi connectivity index (χ1) is 9.97. The van der Waals surface area contributed by atoms with Crippen molar-refractivity contribution >= 4 is 29.0 Å². The van der Waals surface area contributed by atoms with Crippen LogP contribution in [0.1, 0.15) is 35.7 Å². The molecule has 2 rings (SSSR count). The van der Waals surface area contributed by atoms with Gasteiger partial charge in [-0.3, -0.25) is 9.59 Å². The Bertz CT molecular complexity index is 549. The Hall–Kier alpha value is -1.95. The maximum absolute atomic E-state index is 12.4. The molecule has 1 aromatic rings. The summed E-state index contributed by atoms with van der Waals surface area (Å²) in [5, 5.41) is 2.90. The molecule has 1 fully saturated rings. The molecule has 0 aliphatic carbocycles. The highest BCUT2D eigenvalue weighted by Crippen LogP contribution is 2.14. The highest BCUT2D eigenvalue weighted by molar-refractivity contribution is 7.80. The molecule has 1 aliphatic rings. The van der Waals surface area contributed by atoms with Gasteiger partial charge in [-0.15, -0.1) is 0 Å². The van der Waals surface area contributed by atoms with Gasteiger partial charge in [-0.2, -0.15) is 0 Å². The van der Waals surface area contributed by atoms with Crippen LogP contribution in [-0.2, 0) is 4.79 Å². The molecule has 0 radical (unpaired) electrons. The van der Waals surface area contributed by atoms with Gasteiger partial charge in [0.2, 0.25) is 5.91 Å². The normalized spacial score (nSPS) is 15.6. The highest BCUT2D eigenvalue weighted by Gasteiger charge is 2.23. The Balaban J connectivity index is 1.95. The summed E-state index contributed by atoms with van der Waals surface area (Å²) in [5.74, 6) is -0.0149. The van der Waals surface area contributed by atoms with Crippen molar-refractivity contribution in [2.45, 2.75) is 25.8 Å². The van der Waals surface area contributed by atoms with Crippen molar-refractivity contribution in [3.05, 3.63) is 35.4 Å². The van der Waals surface area contributed by atoms with Crippen molar-refractivity contribution in [2.24, 2.45) is 5.73 Å². The number of rotatable bonds is 3. The fraction of sp³-hybridized carbons (Fsp3) is 0.400. The van der Waals surface area contributed by atoms with Crippen molar-refractivity contribution in [3.63, 3.8) is 0 Å². The summed E-state index contributed by atoms with van der Waals surface area (Å²) in [6, 6.07) is 7.19. The van der Waals surface area contributed by atoms with E-state index in [0.717, 1.165) is 18.4 Å². The van der Waals surface area contributed by atoms with E-state index >= 15 is 0 Å². The van der Waals surface area contributed by atoms with E-state index in [2.05, 4.69) is 5.32 Å². The quantitative estimate of drug-likeness (QED) is 0.819. The third kappa shape index (κ3) is 4.01. The molecule has 0 unspecified atom stereocenters. The number of nitrogens with zero attached hydrogens (tertiary/aromatic N) is 1. The third-order valence-corrected chi connectivity index (χ3v) is 3.84. The Kier molecular flexibility index (Phi) is 4.90. The molecule has 0 aromatic heterocycles. The highest BCUT2D eigenvalue weighted by atomic mass is 32.1. The number of nitrogens with one attached hydrogen (secondary N) is 1. The molecule has 2 amide bonds. The van der Waals surface area contributed by atoms with E-state index < -0.39 is 0 Å². The van der Waals surface area contributed by atoms with Crippen LogP contribution in [0.4, 0.5) is 0 Å².